The number of hydrogen-bond donors (Lipinski definition) is 2. The van der Waals surface area contributed by atoms with Crippen LogP contribution in [0.1, 0.15) is 174 Å². The Bertz CT molecular complexity index is 1110. The normalized spacial score (nSPS) is 11.6. The Kier molecular flexibility index (Phi) is 26.3. The van der Waals surface area contributed by atoms with E-state index in [4.69, 9.17) is 4.31 Å². The summed E-state index contributed by atoms with van der Waals surface area (Å²) in [5.41, 5.74) is 4.02. The Hall–Kier alpha value is -0.600. The molecule has 0 unspecified atom stereocenters. The summed E-state index contributed by atoms with van der Waals surface area (Å²) in [7, 11) is -5.37. The molecule has 0 saturated heterocycles. The minimum Gasteiger partial charge on any atom is -1.00 e. The fourth-order valence-electron chi connectivity index (χ4n) is 7.17. The van der Waals surface area contributed by atoms with Gasteiger partial charge >= 0.3 is 38.2 Å². The first-order valence-electron chi connectivity index (χ1n) is 20.6. The molecule has 51 heavy (non-hydrogen) atoms. The molecule has 0 spiro atoms. The van der Waals surface area contributed by atoms with Gasteiger partial charge in [0.05, 0.1) is 0 Å². The van der Waals surface area contributed by atoms with Crippen LogP contribution in [0, 0.1) is 0 Å². The summed E-state index contributed by atoms with van der Waals surface area (Å²) in [6, 6.07) is 26.6. The van der Waals surface area contributed by atoms with E-state index < -0.39 is 16.1 Å². The molecule has 0 aliphatic heterocycles. The van der Waals surface area contributed by atoms with Gasteiger partial charge in [-0.25, -0.2) is 0 Å². The molecule has 0 fully saturated rings. The van der Waals surface area contributed by atoms with Crippen LogP contribution in [-0.4, -0.2) is 9.79 Å². The molecule has 3 rings (SSSR count). The summed E-state index contributed by atoms with van der Waals surface area (Å²) < 4.78 is 6.44. The SMILES string of the molecule is CCCCCCCCCc1ccc([P+](OP(O)O)(c2ccc(CCCCCCCCC)cc2)c2ccc(CCCCCCCCC)cc2)cc1.[H-].[Na+]. The molecule has 0 atom stereocenters. The number of aryl methyl sites for hydroxylation is 3. The Morgan fingerprint density at radius 2 is 0.647 bits per heavy atom. The van der Waals surface area contributed by atoms with Gasteiger partial charge in [-0.2, -0.15) is 0 Å². The van der Waals surface area contributed by atoms with E-state index in [2.05, 4.69) is 93.6 Å². The Balaban J connectivity index is 0.00000676. The van der Waals surface area contributed by atoms with Crippen LogP contribution in [0.15, 0.2) is 72.8 Å². The maximum absolute atomic E-state index is 10.5. The summed E-state index contributed by atoms with van der Waals surface area (Å²) >= 11 is 0. The van der Waals surface area contributed by atoms with E-state index in [1.54, 1.807) is 0 Å². The Morgan fingerprint density at radius 1 is 0.412 bits per heavy atom. The molecule has 0 aliphatic rings. The summed E-state index contributed by atoms with van der Waals surface area (Å²) in [5.74, 6) is 0. The first kappa shape index (κ1) is 46.6. The van der Waals surface area contributed by atoms with Gasteiger partial charge in [-0.1, -0.05) is 173 Å². The van der Waals surface area contributed by atoms with Crippen molar-refractivity contribution in [1.82, 2.24) is 0 Å². The van der Waals surface area contributed by atoms with Gasteiger partial charge in [-0.3, -0.25) is 0 Å². The van der Waals surface area contributed by atoms with Crippen LogP contribution in [0.4, 0.5) is 0 Å². The molecule has 6 heteroatoms. The molecule has 0 heterocycles. The predicted molar refractivity (Wildman–Crippen MR) is 224 cm³/mol. The van der Waals surface area contributed by atoms with Crippen molar-refractivity contribution in [2.24, 2.45) is 0 Å². The molecular weight excluding hydrogens is 673 g/mol. The summed E-state index contributed by atoms with van der Waals surface area (Å²) in [5, 5.41) is 3.11. The van der Waals surface area contributed by atoms with Crippen molar-refractivity contribution in [1.29, 1.82) is 0 Å². The topological polar surface area (TPSA) is 49.7 Å². The summed E-state index contributed by atoms with van der Waals surface area (Å²) in [4.78, 5) is 21.0. The Labute approximate surface area is 339 Å². The molecule has 280 valence electrons. The van der Waals surface area contributed by atoms with Crippen LogP contribution in [0.25, 0.3) is 0 Å². The van der Waals surface area contributed by atoms with Gasteiger partial charge in [0.15, 0.2) is 0 Å². The number of rotatable bonds is 29. The predicted octanol–water partition coefficient (Wildman–Crippen LogP) is 10.1. The molecule has 3 aromatic carbocycles. The van der Waals surface area contributed by atoms with Gasteiger partial charge in [-0.05, 0) is 91.6 Å². The third kappa shape index (κ3) is 17.6. The number of hydrogen-bond acceptors (Lipinski definition) is 3. The van der Waals surface area contributed by atoms with Gasteiger partial charge in [-0.15, -0.1) is 4.31 Å². The molecule has 3 aromatic rings. The molecule has 2 N–H and O–H groups in total. The van der Waals surface area contributed by atoms with E-state index >= 15 is 0 Å². The summed E-state index contributed by atoms with van der Waals surface area (Å²) in [6.45, 7) is 6.82. The maximum atomic E-state index is 10.5. The van der Waals surface area contributed by atoms with E-state index in [0.29, 0.717) is 0 Å². The molecule has 0 aliphatic carbocycles. The largest absolute Gasteiger partial charge is 1.00 e. The van der Waals surface area contributed by atoms with E-state index in [1.165, 1.54) is 152 Å². The molecule has 0 aromatic heterocycles. The third-order valence-corrected chi connectivity index (χ3v) is 14.9. The minimum absolute atomic E-state index is 0. The summed E-state index contributed by atoms with van der Waals surface area (Å²) in [6.07, 6.45) is 30.7. The molecule has 0 amide bonds. The van der Waals surface area contributed by atoms with Crippen LogP contribution in [0.3, 0.4) is 0 Å². The van der Waals surface area contributed by atoms with Gasteiger partial charge in [0, 0.05) is 0 Å². The smallest absolute Gasteiger partial charge is 1.00 e. The van der Waals surface area contributed by atoms with Crippen molar-refractivity contribution in [2.45, 2.75) is 175 Å². The van der Waals surface area contributed by atoms with E-state index in [1.807, 2.05) is 0 Å². The van der Waals surface area contributed by atoms with Crippen LogP contribution < -0.4 is 45.5 Å². The average molecular weight is 746 g/mol. The van der Waals surface area contributed by atoms with Gasteiger partial charge in [0.1, 0.15) is 15.9 Å². The molecule has 0 bridgehead atoms. The number of benzene rings is 3. The van der Waals surface area contributed by atoms with Crippen molar-refractivity contribution >= 4 is 32.0 Å². The molecular formula is C45H72NaO3P2+. The average Bonchev–Trinajstić information content (AvgIpc) is 3.13. The minimum atomic E-state index is -2.78. The quantitative estimate of drug-likeness (QED) is 0.0423. The van der Waals surface area contributed by atoms with Crippen molar-refractivity contribution in [2.75, 3.05) is 0 Å². The molecule has 3 nitrogen and oxygen atoms in total. The first-order chi connectivity index (χ1) is 24.5. The molecule has 0 radical (unpaired) electrons. The van der Waals surface area contributed by atoms with Gasteiger partial charge < -0.3 is 11.2 Å². The van der Waals surface area contributed by atoms with Crippen LogP contribution >= 0.6 is 16.1 Å². The van der Waals surface area contributed by atoms with Crippen molar-refractivity contribution in [3.05, 3.63) is 89.5 Å². The van der Waals surface area contributed by atoms with Gasteiger partial charge in [0.25, 0.3) is 7.49 Å². The monoisotopic (exact) mass is 745 g/mol. The van der Waals surface area contributed by atoms with Crippen LogP contribution in [0.2, 0.25) is 0 Å². The zero-order valence-electron chi connectivity index (χ0n) is 34.1. The third-order valence-electron chi connectivity index (χ3n) is 10.3. The molecule has 0 saturated carbocycles. The standard InChI is InChI=1S/C45H71O3P2.Na.H/c1-4-7-10-13-16-19-22-25-40-28-34-43(35-29-40)50(48-49(46)47,44-36-30-41(31-37-44)26-23-20-17-14-11-8-5-2)45-38-32-42(33-39-45)27-24-21-18-15-12-9-6-3;;/h28-39,46-47H,4-27H2,1-3H3;;/q2*+1;-1. The van der Waals surface area contributed by atoms with Crippen LogP contribution in [-0.2, 0) is 23.6 Å². The van der Waals surface area contributed by atoms with E-state index in [9.17, 15) is 9.79 Å². The van der Waals surface area contributed by atoms with Crippen LogP contribution in [0.5, 0.6) is 0 Å². The van der Waals surface area contributed by atoms with Crippen molar-refractivity contribution in [3.63, 3.8) is 0 Å². The second-order valence-electron chi connectivity index (χ2n) is 14.6. The van der Waals surface area contributed by atoms with Crippen molar-refractivity contribution < 1.29 is 45.1 Å². The van der Waals surface area contributed by atoms with Gasteiger partial charge in [0.2, 0.25) is 0 Å². The zero-order chi connectivity index (χ0) is 35.7. The maximum Gasteiger partial charge on any atom is 1.00 e. The van der Waals surface area contributed by atoms with E-state index in [0.717, 1.165) is 35.2 Å². The zero-order valence-corrected chi connectivity index (χ0v) is 36.9. The van der Waals surface area contributed by atoms with Crippen molar-refractivity contribution in [3.8, 4) is 0 Å². The second-order valence-corrected chi connectivity index (χ2v) is 18.5. The Morgan fingerprint density at radius 3 is 0.882 bits per heavy atom. The first-order valence-corrected chi connectivity index (χ1v) is 23.5. The number of unbranched alkanes of at least 4 members (excludes halogenated alkanes) is 18. The second kappa shape index (κ2) is 28.8. The van der Waals surface area contributed by atoms with E-state index in [-0.39, 0.29) is 31.0 Å². The fourth-order valence-corrected chi connectivity index (χ4v) is 11.8. The fraction of sp³-hybridized carbons (Fsp3) is 0.600.